The maximum Gasteiger partial charge on any atom is 0.238 e. The Balaban J connectivity index is 2.11. The van der Waals surface area contributed by atoms with Crippen molar-refractivity contribution < 1.29 is 13.2 Å². The number of nitrogens with two attached hydrogens (primary N) is 1. The normalized spacial score (nSPS) is 11.4. The summed E-state index contributed by atoms with van der Waals surface area (Å²) >= 11 is 6.57. The molecule has 0 saturated heterocycles. The summed E-state index contributed by atoms with van der Waals surface area (Å²) in [6.07, 6.45) is 2.37. The summed E-state index contributed by atoms with van der Waals surface area (Å²) in [6.45, 7) is 0.420. The zero-order chi connectivity index (χ0) is 15.5. The average Bonchev–Trinajstić information content (AvgIpc) is 2.42. The number of sulfonamides is 1. The Morgan fingerprint density at radius 2 is 1.86 bits per heavy atom. The molecule has 0 aliphatic carbocycles. The second-order valence-corrected chi connectivity index (χ2v) is 7.45. The number of halogens is 2. The molecule has 0 aliphatic rings. The quantitative estimate of drug-likeness (QED) is 0.782. The zero-order valence-corrected chi connectivity index (χ0v) is 14.8. The van der Waals surface area contributed by atoms with Crippen LogP contribution in [-0.2, 0) is 16.4 Å². The molecule has 0 aliphatic heterocycles. The number of primary sulfonamides is 1. The highest BCUT2D eigenvalue weighted by Gasteiger charge is 2.15. The molecule has 0 saturated carbocycles. The number of ether oxygens (including phenoxy) is 1. The Kier molecular flexibility index (Phi) is 5.37. The Labute approximate surface area is 139 Å². The molecule has 2 rings (SSSR count). The van der Waals surface area contributed by atoms with Gasteiger partial charge in [-0.25, -0.2) is 13.6 Å². The Morgan fingerprint density at radius 3 is 2.38 bits per heavy atom. The molecule has 1 aromatic carbocycles. The van der Waals surface area contributed by atoms with E-state index in [2.05, 4.69) is 36.8 Å². The number of pyridine rings is 1. The van der Waals surface area contributed by atoms with Crippen molar-refractivity contribution in [2.75, 3.05) is 6.61 Å². The van der Waals surface area contributed by atoms with Gasteiger partial charge < -0.3 is 4.74 Å². The standard InChI is InChI=1S/C13H12Br2N2O3S/c14-11-7-10(21(16,18)19)8-12(15)13(11)20-6-4-9-3-1-2-5-17-9/h1-3,5,7-8H,4,6H2,(H2,16,18,19). The number of nitrogens with zero attached hydrogens (tertiary/aromatic N) is 1. The molecule has 1 heterocycles. The van der Waals surface area contributed by atoms with Crippen LogP contribution in [0.25, 0.3) is 0 Å². The van der Waals surface area contributed by atoms with Crippen LogP contribution in [-0.4, -0.2) is 20.0 Å². The molecule has 5 nitrogen and oxygen atoms in total. The van der Waals surface area contributed by atoms with Gasteiger partial charge in [0.1, 0.15) is 5.75 Å². The first-order valence-electron chi connectivity index (χ1n) is 5.92. The van der Waals surface area contributed by atoms with E-state index in [0.29, 0.717) is 27.7 Å². The fourth-order valence-corrected chi connectivity index (χ4v) is 3.93. The molecule has 0 radical (unpaired) electrons. The molecule has 2 aromatic rings. The molecule has 2 N–H and O–H groups in total. The highest BCUT2D eigenvalue weighted by Crippen LogP contribution is 2.35. The highest BCUT2D eigenvalue weighted by atomic mass is 79.9. The van der Waals surface area contributed by atoms with Gasteiger partial charge in [0.25, 0.3) is 0 Å². The third-order valence-electron chi connectivity index (χ3n) is 2.63. The van der Waals surface area contributed by atoms with Gasteiger partial charge in [-0.3, -0.25) is 4.98 Å². The second-order valence-electron chi connectivity index (χ2n) is 4.18. The minimum atomic E-state index is -3.75. The van der Waals surface area contributed by atoms with E-state index in [-0.39, 0.29) is 4.90 Å². The van der Waals surface area contributed by atoms with E-state index in [1.54, 1.807) is 6.20 Å². The average molecular weight is 436 g/mol. The molecule has 8 heteroatoms. The van der Waals surface area contributed by atoms with Crippen LogP contribution in [0.2, 0.25) is 0 Å². The molecule has 0 atom stereocenters. The third kappa shape index (κ3) is 4.50. The molecule has 112 valence electrons. The van der Waals surface area contributed by atoms with Crippen molar-refractivity contribution in [2.24, 2.45) is 5.14 Å². The first kappa shape index (κ1) is 16.4. The van der Waals surface area contributed by atoms with E-state index < -0.39 is 10.0 Å². The SMILES string of the molecule is NS(=O)(=O)c1cc(Br)c(OCCc2ccccn2)c(Br)c1. The zero-order valence-electron chi connectivity index (χ0n) is 10.8. The van der Waals surface area contributed by atoms with Crippen molar-refractivity contribution in [1.82, 2.24) is 4.98 Å². The van der Waals surface area contributed by atoms with E-state index in [1.807, 2.05) is 18.2 Å². The van der Waals surface area contributed by atoms with Gasteiger partial charge in [0.15, 0.2) is 0 Å². The third-order valence-corrected chi connectivity index (χ3v) is 4.70. The summed E-state index contributed by atoms with van der Waals surface area (Å²) in [5.74, 6) is 0.526. The lowest BCUT2D eigenvalue weighted by molar-refractivity contribution is 0.316. The predicted octanol–water partition coefficient (Wildman–Crippen LogP) is 2.88. The van der Waals surface area contributed by atoms with Gasteiger partial charge in [0, 0.05) is 18.3 Å². The molecule has 0 bridgehead atoms. The van der Waals surface area contributed by atoms with Crippen molar-refractivity contribution >= 4 is 41.9 Å². The van der Waals surface area contributed by atoms with Crippen molar-refractivity contribution in [3.05, 3.63) is 51.2 Å². The van der Waals surface area contributed by atoms with Crippen LogP contribution in [0.5, 0.6) is 5.75 Å². The highest BCUT2D eigenvalue weighted by molar-refractivity contribution is 9.11. The van der Waals surface area contributed by atoms with Crippen molar-refractivity contribution in [3.63, 3.8) is 0 Å². The van der Waals surface area contributed by atoms with Gasteiger partial charge in [0.2, 0.25) is 10.0 Å². The minimum absolute atomic E-state index is 0.0123. The summed E-state index contributed by atoms with van der Waals surface area (Å²) in [4.78, 5) is 4.21. The topological polar surface area (TPSA) is 82.3 Å². The number of aromatic nitrogens is 1. The Morgan fingerprint density at radius 1 is 1.19 bits per heavy atom. The van der Waals surface area contributed by atoms with Gasteiger partial charge in [-0.1, -0.05) is 6.07 Å². The van der Waals surface area contributed by atoms with E-state index in [1.165, 1.54) is 12.1 Å². The first-order valence-corrected chi connectivity index (χ1v) is 9.05. The number of rotatable bonds is 5. The van der Waals surface area contributed by atoms with Crippen molar-refractivity contribution in [3.8, 4) is 5.75 Å². The Bertz CT molecular complexity index is 713. The van der Waals surface area contributed by atoms with Crippen LogP contribution < -0.4 is 9.88 Å². The maximum atomic E-state index is 11.3. The van der Waals surface area contributed by atoms with E-state index in [4.69, 9.17) is 9.88 Å². The summed E-state index contributed by atoms with van der Waals surface area (Å²) in [6, 6.07) is 8.50. The molecule has 0 spiro atoms. The smallest absolute Gasteiger partial charge is 0.238 e. The molecule has 0 amide bonds. The fraction of sp³-hybridized carbons (Fsp3) is 0.154. The largest absolute Gasteiger partial charge is 0.491 e. The summed E-state index contributed by atoms with van der Waals surface area (Å²) < 4.78 is 29.4. The summed E-state index contributed by atoms with van der Waals surface area (Å²) in [5.41, 5.74) is 0.922. The van der Waals surface area contributed by atoms with Gasteiger partial charge in [0.05, 0.1) is 20.4 Å². The lowest BCUT2D eigenvalue weighted by Gasteiger charge is -2.11. The molecular formula is C13H12Br2N2O3S. The van der Waals surface area contributed by atoms with Crippen LogP contribution >= 0.6 is 31.9 Å². The van der Waals surface area contributed by atoms with Crippen LogP contribution in [0.1, 0.15) is 5.69 Å². The van der Waals surface area contributed by atoms with Gasteiger partial charge in [-0.05, 0) is 56.1 Å². The fourth-order valence-electron chi connectivity index (χ4n) is 1.64. The first-order chi connectivity index (χ1) is 9.88. The van der Waals surface area contributed by atoms with Gasteiger partial charge >= 0.3 is 0 Å². The van der Waals surface area contributed by atoms with E-state index >= 15 is 0 Å². The lowest BCUT2D eigenvalue weighted by atomic mass is 10.3. The lowest BCUT2D eigenvalue weighted by Crippen LogP contribution is -2.12. The van der Waals surface area contributed by atoms with Crippen LogP contribution in [0.3, 0.4) is 0 Å². The van der Waals surface area contributed by atoms with Gasteiger partial charge in [-0.2, -0.15) is 0 Å². The maximum absolute atomic E-state index is 11.3. The molecule has 1 aromatic heterocycles. The van der Waals surface area contributed by atoms with Crippen LogP contribution in [0, 0.1) is 0 Å². The molecule has 21 heavy (non-hydrogen) atoms. The molecule has 0 unspecified atom stereocenters. The van der Waals surface area contributed by atoms with E-state index in [9.17, 15) is 8.42 Å². The van der Waals surface area contributed by atoms with Crippen LogP contribution in [0.15, 0.2) is 50.4 Å². The minimum Gasteiger partial charge on any atom is -0.491 e. The Hall–Kier alpha value is -0.960. The second kappa shape index (κ2) is 6.87. The van der Waals surface area contributed by atoms with Crippen molar-refractivity contribution in [1.29, 1.82) is 0 Å². The van der Waals surface area contributed by atoms with Crippen LogP contribution in [0.4, 0.5) is 0 Å². The molecular weight excluding hydrogens is 424 g/mol. The summed E-state index contributed by atoms with van der Waals surface area (Å²) in [5, 5.41) is 5.10. The van der Waals surface area contributed by atoms with E-state index in [0.717, 1.165) is 5.69 Å². The van der Waals surface area contributed by atoms with Crippen molar-refractivity contribution in [2.45, 2.75) is 11.3 Å². The number of hydrogen-bond acceptors (Lipinski definition) is 4. The number of hydrogen-bond donors (Lipinski definition) is 1. The van der Waals surface area contributed by atoms with Gasteiger partial charge in [-0.15, -0.1) is 0 Å². The number of benzene rings is 1. The molecule has 0 fully saturated rings. The predicted molar refractivity (Wildman–Crippen MR) is 86.7 cm³/mol. The summed E-state index contributed by atoms with van der Waals surface area (Å²) in [7, 11) is -3.75. The monoisotopic (exact) mass is 434 g/mol.